The number of nitrogens with one attached hydrogen (secondary N) is 1. The van der Waals surface area contributed by atoms with Crippen LogP contribution in [-0.4, -0.2) is 20.1 Å². The lowest BCUT2D eigenvalue weighted by Crippen LogP contribution is -2.25. The van der Waals surface area contributed by atoms with E-state index in [4.69, 9.17) is 4.52 Å². The monoisotopic (exact) mass is 280 g/mol. The molecule has 1 aromatic carbocycles. The van der Waals surface area contributed by atoms with Gasteiger partial charge in [0.25, 0.3) is 0 Å². The molecule has 6 heteroatoms. The molecular weight excluding hydrogens is 264 g/mol. The second-order valence-corrected chi connectivity index (χ2v) is 6.11. The van der Waals surface area contributed by atoms with E-state index < -0.39 is 10.0 Å². The van der Waals surface area contributed by atoms with Crippen molar-refractivity contribution >= 4 is 10.0 Å². The highest BCUT2D eigenvalue weighted by Gasteiger charge is 2.12. The molecule has 0 spiro atoms. The Hall–Kier alpha value is -1.66. The molecule has 2 aromatic rings. The van der Waals surface area contributed by atoms with Crippen molar-refractivity contribution in [3.8, 4) is 0 Å². The average molecular weight is 280 g/mol. The summed E-state index contributed by atoms with van der Waals surface area (Å²) in [5, 5.41) is 3.59. The highest BCUT2D eigenvalue weighted by molar-refractivity contribution is 7.89. The third-order valence-electron chi connectivity index (χ3n) is 2.75. The Morgan fingerprint density at radius 3 is 2.63 bits per heavy atom. The topological polar surface area (TPSA) is 72.2 Å². The highest BCUT2D eigenvalue weighted by Crippen LogP contribution is 2.10. The van der Waals surface area contributed by atoms with Crippen molar-refractivity contribution in [3.05, 3.63) is 47.9 Å². The van der Waals surface area contributed by atoms with Crippen LogP contribution in [0.3, 0.4) is 0 Å². The highest BCUT2D eigenvalue weighted by atomic mass is 32.2. The van der Waals surface area contributed by atoms with Crippen LogP contribution in [0.5, 0.6) is 0 Å². The molecule has 0 fully saturated rings. The van der Waals surface area contributed by atoms with E-state index in [1.807, 2.05) is 6.92 Å². The smallest absolute Gasteiger partial charge is 0.240 e. The molecule has 0 bridgehead atoms. The molecule has 102 valence electrons. The Bertz CT molecular complexity index is 604. The Kier molecular flexibility index (Phi) is 4.34. The van der Waals surface area contributed by atoms with Crippen LogP contribution in [-0.2, 0) is 16.4 Å². The zero-order valence-electron chi connectivity index (χ0n) is 10.7. The maximum absolute atomic E-state index is 12.0. The molecule has 5 nitrogen and oxygen atoms in total. The van der Waals surface area contributed by atoms with E-state index in [1.54, 1.807) is 36.7 Å². The molecule has 0 saturated carbocycles. The number of benzene rings is 1. The zero-order valence-corrected chi connectivity index (χ0v) is 11.5. The number of aryl methyl sites for hydroxylation is 2. The number of sulfonamides is 1. The summed E-state index contributed by atoms with van der Waals surface area (Å²) in [6.07, 6.45) is 4.63. The van der Waals surface area contributed by atoms with Gasteiger partial charge in [0.1, 0.15) is 6.26 Å². The maximum Gasteiger partial charge on any atom is 0.240 e. The van der Waals surface area contributed by atoms with Crippen LogP contribution in [0.25, 0.3) is 0 Å². The van der Waals surface area contributed by atoms with Crippen molar-refractivity contribution in [2.45, 2.75) is 24.7 Å². The minimum atomic E-state index is -3.41. The molecule has 0 unspecified atom stereocenters. The van der Waals surface area contributed by atoms with Crippen LogP contribution in [0.2, 0.25) is 0 Å². The molecule has 0 aliphatic carbocycles. The number of aromatic nitrogens is 1. The SMILES string of the molecule is Cc1ccc(S(=O)(=O)NCCCc2cnoc2)cc1. The van der Waals surface area contributed by atoms with E-state index in [0.717, 1.165) is 17.5 Å². The minimum absolute atomic E-state index is 0.295. The Balaban J connectivity index is 1.86. The second-order valence-electron chi connectivity index (χ2n) is 4.35. The molecule has 0 aliphatic rings. The predicted octanol–water partition coefficient (Wildman–Crippen LogP) is 1.89. The summed E-state index contributed by atoms with van der Waals surface area (Å²) in [6.45, 7) is 2.31. The van der Waals surface area contributed by atoms with Crippen LogP contribution >= 0.6 is 0 Å². The predicted molar refractivity (Wildman–Crippen MR) is 71.2 cm³/mol. The van der Waals surface area contributed by atoms with E-state index in [1.165, 1.54) is 0 Å². The summed E-state index contributed by atoms with van der Waals surface area (Å²) in [4.78, 5) is 0.295. The fraction of sp³-hybridized carbons (Fsp3) is 0.308. The first-order chi connectivity index (χ1) is 9.08. The summed E-state index contributed by atoms with van der Waals surface area (Å²) in [7, 11) is -3.41. The van der Waals surface area contributed by atoms with Crippen LogP contribution in [0.1, 0.15) is 17.5 Å². The first kappa shape index (κ1) is 13.8. The van der Waals surface area contributed by atoms with Gasteiger partial charge in [0.2, 0.25) is 10.0 Å². The van der Waals surface area contributed by atoms with Crippen molar-refractivity contribution in [1.82, 2.24) is 9.88 Å². The van der Waals surface area contributed by atoms with E-state index in [-0.39, 0.29) is 0 Å². The summed E-state index contributed by atoms with van der Waals surface area (Å²) < 4.78 is 31.2. The molecule has 0 atom stereocenters. The van der Waals surface area contributed by atoms with Gasteiger partial charge in [-0.15, -0.1) is 0 Å². The molecule has 0 amide bonds. The summed E-state index contributed by atoms with van der Waals surface area (Å²) in [5.74, 6) is 0. The standard InChI is InChI=1S/C13H16N2O3S/c1-11-4-6-13(7-5-11)19(16,17)15-8-2-3-12-9-14-18-10-12/h4-7,9-10,15H,2-3,8H2,1H3. The third kappa shape index (κ3) is 3.90. The van der Waals surface area contributed by atoms with Crippen molar-refractivity contribution in [2.24, 2.45) is 0 Å². The van der Waals surface area contributed by atoms with Gasteiger partial charge in [-0.3, -0.25) is 0 Å². The van der Waals surface area contributed by atoms with Gasteiger partial charge in [-0.1, -0.05) is 22.9 Å². The third-order valence-corrected chi connectivity index (χ3v) is 4.23. The molecule has 19 heavy (non-hydrogen) atoms. The molecule has 1 heterocycles. The summed E-state index contributed by atoms with van der Waals surface area (Å²) in [6, 6.07) is 6.78. The first-order valence-corrected chi connectivity index (χ1v) is 7.51. The Labute approximate surface area is 112 Å². The van der Waals surface area contributed by atoms with Crippen LogP contribution in [0.4, 0.5) is 0 Å². The lowest BCUT2D eigenvalue weighted by Gasteiger charge is -2.06. The fourth-order valence-electron chi connectivity index (χ4n) is 1.65. The largest absolute Gasteiger partial charge is 0.364 e. The van der Waals surface area contributed by atoms with Gasteiger partial charge in [-0.05, 0) is 31.9 Å². The normalized spacial score (nSPS) is 11.6. The number of hydrogen-bond acceptors (Lipinski definition) is 4. The molecule has 2 rings (SSSR count). The van der Waals surface area contributed by atoms with Crippen LogP contribution in [0.15, 0.2) is 46.1 Å². The number of rotatable bonds is 6. The van der Waals surface area contributed by atoms with Crippen molar-refractivity contribution in [2.75, 3.05) is 6.54 Å². The zero-order chi connectivity index (χ0) is 13.7. The second kappa shape index (κ2) is 5.99. The van der Waals surface area contributed by atoms with Crippen LogP contribution in [0, 0.1) is 6.92 Å². The molecule has 1 N–H and O–H groups in total. The average Bonchev–Trinajstić information content (AvgIpc) is 2.88. The van der Waals surface area contributed by atoms with Gasteiger partial charge < -0.3 is 4.52 Å². The fourth-order valence-corrected chi connectivity index (χ4v) is 2.72. The van der Waals surface area contributed by atoms with E-state index in [2.05, 4.69) is 9.88 Å². The lowest BCUT2D eigenvalue weighted by atomic mass is 10.2. The van der Waals surface area contributed by atoms with Gasteiger partial charge in [0.05, 0.1) is 11.1 Å². The van der Waals surface area contributed by atoms with Gasteiger partial charge in [-0.2, -0.15) is 0 Å². The molecule has 0 aliphatic heterocycles. The van der Waals surface area contributed by atoms with Gasteiger partial charge in [0.15, 0.2) is 0 Å². The van der Waals surface area contributed by atoms with Gasteiger partial charge in [0, 0.05) is 12.1 Å². The molecule has 1 aromatic heterocycles. The van der Waals surface area contributed by atoms with E-state index in [0.29, 0.717) is 17.9 Å². The molecule has 0 saturated heterocycles. The lowest BCUT2D eigenvalue weighted by molar-refractivity contribution is 0.418. The van der Waals surface area contributed by atoms with Gasteiger partial charge in [-0.25, -0.2) is 13.1 Å². The van der Waals surface area contributed by atoms with E-state index >= 15 is 0 Å². The van der Waals surface area contributed by atoms with Crippen LogP contribution < -0.4 is 4.72 Å². The van der Waals surface area contributed by atoms with Crippen molar-refractivity contribution in [1.29, 1.82) is 0 Å². The quantitative estimate of drug-likeness (QED) is 0.820. The summed E-state index contributed by atoms with van der Waals surface area (Å²) in [5.41, 5.74) is 2.00. The Morgan fingerprint density at radius 2 is 2.00 bits per heavy atom. The van der Waals surface area contributed by atoms with Gasteiger partial charge >= 0.3 is 0 Å². The maximum atomic E-state index is 12.0. The van der Waals surface area contributed by atoms with Crippen molar-refractivity contribution < 1.29 is 12.9 Å². The molecular formula is C13H16N2O3S. The van der Waals surface area contributed by atoms with Crippen molar-refractivity contribution in [3.63, 3.8) is 0 Å². The van der Waals surface area contributed by atoms with E-state index in [9.17, 15) is 8.42 Å². The number of hydrogen-bond donors (Lipinski definition) is 1. The Morgan fingerprint density at radius 1 is 1.26 bits per heavy atom. The minimum Gasteiger partial charge on any atom is -0.364 e. The first-order valence-electron chi connectivity index (χ1n) is 6.02. The number of nitrogens with zero attached hydrogens (tertiary/aromatic N) is 1. The molecule has 0 radical (unpaired) electrons. The summed E-state index contributed by atoms with van der Waals surface area (Å²) >= 11 is 0.